The van der Waals surface area contributed by atoms with Crippen LogP contribution in [0, 0.1) is 21.0 Å². The van der Waals surface area contributed by atoms with Crippen molar-refractivity contribution in [2.24, 2.45) is 0 Å². The second kappa shape index (κ2) is 11.5. The molecule has 0 unspecified atom stereocenters. The molecule has 0 atom stereocenters. The number of hydrogen-bond acceptors (Lipinski definition) is 7. The summed E-state index contributed by atoms with van der Waals surface area (Å²) in [5, 5.41) is 5.58. The van der Waals surface area contributed by atoms with E-state index in [1.165, 1.54) is 38.2 Å². The van der Waals surface area contributed by atoms with Crippen LogP contribution in [0.25, 0.3) is 0 Å². The van der Waals surface area contributed by atoms with Crippen molar-refractivity contribution >= 4 is 45.8 Å². The first-order valence-corrected chi connectivity index (χ1v) is 11.6. The Morgan fingerprint density at radius 3 is 2.40 bits per heavy atom. The van der Waals surface area contributed by atoms with Crippen molar-refractivity contribution in [2.75, 3.05) is 45.7 Å². The third-order valence-corrected chi connectivity index (χ3v) is 6.08. The minimum Gasteiger partial charge on any atom is -0.454 e. The van der Waals surface area contributed by atoms with Crippen LogP contribution in [0.1, 0.15) is 17.3 Å². The molecule has 1 heterocycles. The maximum Gasteiger partial charge on any atom is 0.303 e. The Balaban J connectivity index is 1.79. The molecule has 2 aromatic rings. The number of esters is 1. The van der Waals surface area contributed by atoms with Crippen molar-refractivity contribution in [2.45, 2.75) is 18.8 Å². The number of hydrogen-bond donors (Lipinski definition) is 2. The highest BCUT2D eigenvalue weighted by atomic mass is 127. The van der Waals surface area contributed by atoms with Crippen LogP contribution < -0.4 is 10.6 Å². The fourth-order valence-electron chi connectivity index (χ4n) is 3.74. The highest BCUT2D eigenvalue weighted by Crippen LogP contribution is 2.33. The van der Waals surface area contributed by atoms with E-state index < -0.39 is 46.9 Å². The monoisotopic (exact) mass is 607 g/mol. The highest BCUT2D eigenvalue weighted by molar-refractivity contribution is 14.1. The summed E-state index contributed by atoms with van der Waals surface area (Å²) in [5.41, 5.74) is -1.80. The molecule has 8 nitrogen and oxygen atoms in total. The lowest BCUT2D eigenvalue weighted by atomic mass is 9.92. The number of likely N-dealkylation sites (tertiary alicyclic amines) is 1. The van der Waals surface area contributed by atoms with E-state index in [4.69, 9.17) is 14.2 Å². The predicted octanol–water partition coefficient (Wildman–Crippen LogP) is 3.42. The zero-order valence-electron chi connectivity index (χ0n) is 19.3. The Morgan fingerprint density at radius 1 is 1.11 bits per heavy atom. The van der Waals surface area contributed by atoms with Gasteiger partial charge in [-0.2, -0.15) is 0 Å². The van der Waals surface area contributed by atoms with Crippen LogP contribution in [0.15, 0.2) is 30.3 Å². The zero-order chi connectivity index (χ0) is 25.8. The molecular weight excluding hydrogens is 582 g/mol. The molecule has 3 rings (SSSR count). The Labute approximate surface area is 214 Å². The summed E-state index contributed by atoms with van der Waals surface area (Å²) >= 11 is 1.91. The van der Waals surface area contributed by atoms with Crippen molar-refractivity contribution in [3.63, 3.8) is 0 Å². The van der Waals surface area contributed by atoms with Crippen LogP contribution in [-0.2, 0) is 19.0 Å². The SMILES string of the molecule is COC(CNCC1(OC(C)=O)CN(C(=O)c2ccc(F)c(F)c2Nc2ccc(I)cc2F)C1)OC. The molecule has 1 amide bonds. The van der Waals surface area contributed by atoms with E-state index >= 15 is 0 Å². The van der Waals surface area contributed by atoms with E-state index in [-0.39, 0.29) is 30.9 Å². The third kappa shape index (κ3) is 6.42. The maximum absolute atomic E-state index is 14.7. The van der Waals surface area contributed by atoms with Gasteiger partial charge in [-0.1, -0.05) is 0 Å². The summed E-state index contributed by atoms with van der Waals surface area (Å²) in [6.07, 6.45) is -0.514. The Kier molecular flexibility index (Phi) is 8.96. The van der Waals surface area contributed by atoms with Crippen LogP contribution in [0.3, 0.4) is 0 Å². The number of rotatable bonds is 10. The number of ether oxygens (including phenoxy) is 3. The molecule has 35 heavy (non-hydrogen) atoms. The van der Waals surface area contributed by atoms with Gasteiger partial charge in [0, 0.05) is 37.8 Å². The Morgan fingerprint density at radius 2 is 1.80 bits per heavy atom. The van der Waals surface area contributed by atoms with Gasteiger partial charge < -0.3 is 29.7 Å². The molecule has 0 aromatic heterocycles. The second-order valence-electron chi connectivity index (χ2n) is 8.00. The normalized spacial score (nSPS) is 14.6. The van der Waals surface area contributed by atoms with Crippen molar-refractivity contribution in [1.29, 1.82) is 0 Å². The molecule has 1 aliphatic rings. The van der Waals surface area contributed by atoms with Crippen LogP contribution in [-0.4, -0.2) is 69.1 Å². The number of carbonyl (C=O) groups excluding carboxylic acids is 2. The van der Waals surface area contributed by atoms with Gasteiger partial charge in [-0.3, -0.25) is 9.59 Å². The van der Waals surface area contributed by atoms with Crippen molar-refractivity contribution in [3.8, 4) is 0 Å². The summed E-state index contributed by atoms with van der Waals surface area (Å²) < 4.78 is 59.3. The summed E-state index contributed by atoms with van der Waals surface area (Å²) in [6, 6.07) is 6.12. The lowest BCUT2D eigenvalue weighted by molar-refractivity contribution is -0.173. The van der Waals surface area contributed by atoms with Gasteiger partial charge in [0.05, 0.1) is 30.0 Å². The third-order valence-electron chi connectivity index (χ3n) is 5.41. The fraction of sp³-hybridized carbons (Fsp3) is 0.391. The van der Waals surface area contributed by atoms with E-state index in [1.54, 1.807) is 6.07 Å². The summed E-state index contributed by atoms with van der Waals surface area (Å²) in [7, 11) is 2.97. The number of halogens is 4. The van der Waals surface area contributed by atoms with Gasteiger partial charge in [0.15, 0.2) is 23.5 Å². The first kappa shape index (κ1) is 27.2. The van der Waals surface area contributed by atoms with E-state index in [1.807, 2.05) is 22.6 Å². The predicted molar refractivity (Wildman–Crippen MR) is 130 cm³/mol. The molecule has 0 saturated carbocycles. The van der Waals surface area contributed by atoms with Crippen LogP contribution in [0.4, 0.5) is 24.5 Å². The smallest absolute Gasteiger partial charge is 0.303 e. The zero-order valence-corrected chi connectivity index (χ0v) is 21.5. The minimum atomic E-state index is -1.31. The average Bonchev–Trinajstić information content (AvgIpc) is 2.78. The molecule has 0 aliphatic carbocycles. The number of methoxy groups -OCH3 is 2. The summed E-state index contributed by atoms with van der Waals surface area (Å²) in [5.74, 6) is -4.35. The second-order valence-corrected chi connectivity index (χ2v) is 9.25. The molecule has 190 valence electrons. The highest BCUT2D eigenvalue weighted by Gasteiger charge is 2.48. The fourth-order valence-corrected chi connectivity index (χ4v) is 4.19. The van der Waals surface area contributed by atoms with Crippen molar-refractivity contribution in [3.05, 3.63) is 56.9 Å². The van der Waals surface area contributed by atoms with Crippen LogP contribution >= 0.6 is 22.6 Å². The number of amides is 1. The number of nitrogens with one attached hydrogen (secondary N) is 2. The van der Waals surface area contributed by atoms with E-state index in [9.17, 15) is 22.8 Å². The topological polar surface area (TPSA) is 89.1 Å². The molecule has 0 radical (unpaired) electrons. The molecule has 1 saturated heterocycles. The molecule has 2 N–H and O–H groups in total. The van der Waals surface area contributed by atoms with Gasteiger partial charge in [0.1, 0.15) is 5.82 Å². The van der Waals surface area contributed by atoms with Gasteiger partial charge in [0.25, 0.3) is 5.91 Å². The van der Waals surface area contributed by atoms with Gasteiger partial charge in [-0.25, -0.2) is 13.2 Å². The average molecular weight is 607 g/mol. The van der Waals surface area contributed by atoms with Gasteiger partial charge in [0.2, 0.25) is 0 Å². The quantitative estimate of drug-likeness (QED) is 0.243. The van der Waals surface area contributed by atoms with Gasteiger partial charge in [-0.15, -0.1) is 0 Å². The molecular formula is C23H25F3IN3O5. The summed E-state index contributed by atoms with van der Waals surface area (Å²) in [4.78, 5) is 26.2. The lowest BCUT2D eigenvalue weighted by Crippen LogP contribution is -2.69. The Bertz CT molecular complexity index is 1090. The van der Waals surface area contributed by atoms with E-state index in [0.717, 1.165) is 12.1 Å². The minimum absolute atomic E-state index is 0.0133. The molecule has 0 spiro atoms. The molecule has 2 aromatic carbocycles. The van der Waals surface area contributed by atoms with Crippen LogP contribution in [0.5, 0.6) is 0 Å². The molecule has 0 bridgehead atoms. The Hall–Kier alpha value is -2.42. The van der Waals surface area contributed by atoms with Gasteiger partial charge >= 0.3 is 5.97 Å². The molecule has 1 fully saturated rings. The first-order valence-electron chi connectivity index (χ1n) is 10.5. The standard InChI is InChI=1S/C23H25F3IN3O5/c1-13(31)35-23(10-28-9-19(33-2)34-3)11-30(12-23)22(32)15-5-6-16(24)20(26)21(15)29-18-7-4-14(27)8-17(18)25/h4-8,19,28-29H,9-12H2,1-3H3. The lowest BCUT2D eigenvalue weighted by Gasteiger charge is -2.49. The largest absolute Gasteiger partial charge is 0.454 e. The van der Waals surface area contributed by atoms with Crippen molar-refractivity contribution in [1.82, 2.24) is 10.2 Å². The molecule has 12 heteroatoms. The summed E-state index contributed by atoms with van der Waals surface area (Å²) in [6.45, 7) is 1.80. The maximum atomic E-state index is 14.7. The van der Waals surface area contributed by atoms with Crippen LogP contribution in [0.2, 0.25) is 0 Å². The molecule has 1 aliphatic heterocycles. The first-order chi connectivity index (χ1) is 16.6. The number of carbonyl (C=O) groups is 2. The van der Waals surface area contributed by atoms with Crippen molar-refractivity contribution < 1.29 is 37.0 Å². The number of nitrogens with zero attached hydrogens (tertiary/aromatic N) is 1. The van der Waals surface area contributed by atoms with E-state index in [0.29, 0.717) is 10.1 Å². The van der Waals surface area contributed by atoms with E-state index in [2.05, 4.69) is 10.6 Å². The number of benzene rings is 2. The van der Waals surface area contributed by atoms with Gasteiger partial charge in [-0.05, 0) is 52.9 Å². The number of anilines is 2.